The van der Waals surface area contributed by atoms with Crippen molar-refractivity contribution in [3.63, 3.8) is 0 Å². The molecule has 3 aromatic carbocycles. The van der Waals surface area contributed by atoms with E-state index in [4.69, 9.17) is 33.3 Å². The zero-order valence-electron chi connectivity index (χ0n) is 18.3. The molecule has 33 heavy (non-hydrogen) atoms. The van der Waals surface area contributed by atoms with Crippen LogP contribution in [0, 0.1) is 0 Å². The third-order valence-corrected chi connectivity index (χ3v) is 6.05. The minimum absolute atomic E-state index is 0.201. The van der Waals surface area contributed by atoms with E-state index in [-0.39, 0.29) is 5.91 Å². The molecule has 1 heterocycles. The molecule has 4 rings (SSSR count). The van der Waals surface area contributed by atoms with Crippen LogP contribution in [0.25, 0.3) is 6.08 Å². The number of para-hydroxylation sites is 1. The van der Waals surface area contributed by atoms with E-state index in [0.717, 1.165) is 16.9 Å². The van der Waals surface area contributed by atoms with Crippen molar-refractivity contribution in [3.05, 3.63) is 94.6 Å². The smallest absolute Gasteiger partial charge is 0.281 e. The summed E-state index contributed by atoms with van der Waals surface area (Å²) in [6.07, 6.45) is 1.80. The minimum atomic E-state index is -0.201. The Kier molecular flexibility index (Phi) is 6.96. The lowest BCUT2D eigenvalue weighted by Crippen LogP contribution is -2.31. The van der Waals surface area contributed by atoms with Gasteiger partial charge >= 0.3 is 0 Å². The summed E-state index contributed by atoms with van der Waals surface area (Å²) in [6, 6.07) is 22.4. The number of thiocarbonyl (C=S) groups is 1. The number of carbonyl (C=O) groups excluding carboxylic acids is 1. The van der Waals surface area contributed by atoms with E-state index in [1.165, 1.54) is 4.90 Å². The molecule has 0 unspecified atom stereocenters. The highest BCUT2D eigenvalue weighted by Gasteiger charge is 2.37. The predicted octanol–water partition coefficient (Wildman–Crippen LogP) is 5.92. The maximum Gasteiger partial charge on any atom is 0.281 e. The molecule has 1 aliphatic rings. The Hall–Kier alpha value is -3.35. The molecule has 1 aliphatic heterocycles. The summed E-state index contributed by atoms with van der Waals surface area (Å²) in [5, 5.41) is 1.06. The summed E-state index contributed by atoms with van der Waals surface area (Å²) >= 11 is 11.8. The molecule has 168 valence electrons. The fourth-order valence-electron chi connectivity index (χ4n) is 3.49. The summed E-state index contributed by atoms with van der Waals surface area (Å²) in [6.45, 7) is 2.82. The van der Waals surface area contributed by atoms with Gasteiger partial charge in [0.1, 0.15) is 23.8 Å². The van der Waals surface area contributed by atoms with E-state index >= 15 is 0 Å². The van der Waals surface area contributed by atoms with Gasteiger partial charge in [-0.1, -0.05) is 48.0 Å². The van der Waals surface area contributed by atoms with Crippen LogP contribution >= 0.6 is 23.8 Å². The SMILES string of the molecule is CCOc1ccc(N2C(=O)/C(=C/c3ccccc3OCc3ccccc3Cl)N(C)C2=S)cc1. The van der Waals surface area contributed by atoms with E-state index in [1.54, 1.807) is 18.0 Å². The van der Waals surface area contributed by atoms with Crippen molar-refractivity contribution in [2.24, 2.45) is 0 Å². The molecule has 0 aromatic heterocycles. The van der Waals surface area contributed by atoms with Gasteiger partial charge in [-0.3, -0.25) is 9.69 Å². The van der Waals surface area contributed by atoms with Crippen LogP contribution in [0.3, 0.4) is 0 Å². The van der Waals surface area contributed by atoms with E-state index < -0.39 is 0 Å². The Morgan fingerprint density at radius 1 is 0.970 bits per heavy atom. The highest BCUT2D eigenvalue weighted by Crippen LogP contribution is 2.31. The zero-order chi connectivity index (χ0) is 23.4. The van der Waals surface area contributed by atoms with Crippen LogP contribution in [0.2, 0.25) is 5.02 Å². The van der Waals surface area contributed by atoms with Crippen molar-refractivity contribution in [2.75, 3.05) is 18.6 Å². The molecule has 0 aliphatic carbocycles. The van der Waals surface area contributed by atoms with Crippen LogP contribution in [-0.4, -0.2) is 29.6 Å². The molecular formula is C26H23ClN2O3S. The number of halogens is 1. The molecule has 0 bridgehead atoms. The summed E-state index contributed by atoms with van der Waals surface area (Å²) in [4.78, 5) is 16.5. The van der Waals surface area contributed by atoms with Gasteiger partial charge in [-0.25, -0.2) is 0 Å². The van der Waals surface area contributed by atoms with Crippen molar-refractivity contribution >= 4 is 46.6 Å². The Morgan fingerprint density at radius 2 is 1.67 bits per heavy atom. The summed E-state index contributed by atoms with van der Waals surface area (Å²) in [7, 11) is 1.79. The average molecular weight is 479 g/mol. The molecule has 0 spiro atoms. The molecule has 0 atom stereocenters. The summed E-state index contributed by atoms with van der Waals surface area (Å²) < 4.78 is 11.5. The lowest BCUT2D eigenvalue weighted by molar-refractivity contribution is -0.114. The van der Waals surface area contributed by atoms with Gasteiger partial charge in [-0.2, -0.15) is 0 Å². The topological polar surface area (TPSA) is 42.0 Å². The molecule has 1 saturated heterocycles. The van der Waals surface area contributed by atoms with Gasteiger partial charge in [0.2, 0.25) is 0 Å². The molecule has 1 amide bonds. The van der Waals surface area contributed by atoms with Gasteiger partial charge in [0, 0.05) is 23.2 Å². The maximum absolute atomic E-state index is 13.3. The second-order valence-corrected chi connectivity index (χ2v) is 8.13. The van der Waals surface area contributed by atoms with E-state index in [9.17, 15) is 4.79 Å². The van der Waals surface area contributed by atoms with Gasteiger partial charge in [0.05, 0.1) is 12.3 Å². The predicted molar refractivity (Wildman–Crippen MR) is 136 cm³/mol. The van der Waals surface area contributed by atoms with Crippen LogP contribution in [0.15, 0.2) is 78.5 Å². The van der Waals surface area contributed by atoms with Crippen molar-refractivity contribution in [1.82, 2.24) is 4.90 Å². The Balaban J connectivity index is 1.59. The molecule has 5 nitrogen and oxygen atoms in total. The molecule has 3 aromatic rings. The minimum Gasteiger partial charge on any atom is -0.494 e. The van der Waals surface area contributed by atoms with E-state index in [2.05, 4.69) is 0 Å². The van der Waals surface area contributed by atoms with Crippen LogP contribution in [0.1, 0.15) is 18.1 Å². The lowest BCUT2D eigenvalue weighted by Gasteiger charge is -2.16. The summed E-state index contributed by atoms with van der Waals surface area (Å²) in [5.41, 5.74) is 2.81. The number of hydrogen-bond donors (Lipinski definition) is 0. The average Bonchev–Trinajstić information content (AvgIpc) is 3.03. The first kappa shape index (κ1) is 22.8. The van der Waals surface area contributed by atoms with Gasteiger partial charge in [0.25, 0.3) is 5.91 Å². The third-order valence-electron chi connectivity index (χ3n) is 5.22. The van der Waals surface area contributed by atoms with Crippen molar-refractivity contribution in [1.29, 1.82) is 0 Å². The van der Waals surface area contributed by atoms with Crippen LogP contribution in [-0.2, 0) is 11.4 Å². The molecule has 7 heteroatoms. The second-order valence-electron chi connectivity index (χ2n) is 7.36. The number of ether oxygens (including phenoxy) is 2. The normalized spacial score (nSPS) is 14.8. The largest absolute Gasteiger partial charge is 0.494 e. The van der Waals surface area contributed by atoms with Crippen molar-refractivity contribution < 1.29 is 14.3 Å². The summed E-state index contributed by atoms with van der Waals surface area (Å²) in [5.74, 6) is 1.19. The van der Waals surface area contributed by atoms with Gasteiger partial charge < -0.3 is 14.4 Å². The number of hydrogen-bond acceptors (Lipinski definition) is 4. The maximum atomic E-state index is 13.3. The third kappa shape index (κ3) is 4.87. The molecular weight excluding hydrogens is 456 g/mol. The first-order valence-electron chi connectivity index (χ1n) is 10.5. The molecule has 0 saturated carbocycles. The molecule has 0 N–H and O–H groups in total. The highest BCUT2D eigenvalue weighted by molar-refractivity contribution is 7.80. The number of amides is 1. The second kappa shape index (κ2) is 10.1. The zero-order valence-corrected chi connectivity index (χ0v) is 19.9. The van der Waals surface area contributed by atoms with Crippen LogP contribution in [0.4, 0.5) is 5.69 Å². The standard InChI is InChI=1S/C26H23ClN2O3S/c1-3-31-21-14-12-20(13-15-21)29-25(30)23(28(2)26(29)33)16-18-8-5-7-11-24(18)32-17-19-9-4-6-10-22(19)27/h4-16H,3,17H2,1-2H3/b23-16-. The molecule has 0 radical (unpaired) electrons. The fraction of sp³-hybridized carbons (Fsp3) is 0.154. The first-order valence-corrected chi connectivity index (χ1v) is 11.3. The number of rotatable bonds is 7. The van der Waals surface area contributed by atoms with Gasteiger partial charge in [0.15, 0.2) is 5.11 Å². The van der Waals surface area contributed by atoms with E-state index in [0.29, 0.717) is 40.5 Å². The van der Waals surface area contributed by atoms with Crippen LogP contribution < -0.4 is 14.4 Å². The Bertz CT molecular complexity index is 1210. The number of anilines is 1. The molecule has 1 fully saturated rings. The van der Waals surface area contributed by atoms with Gasteiger partial charge in [-0.05, 0) is 61.6 Å². The highest BCUT2D eigenvalue weighted by atomic mass is 35.5. The Morgan fingerprint density at radius 3 is 2.39 bits per heavy atom. The number of carbonyl (C=O) groups is 1. The van der Waals surface area contributed by atoms with Crippen molar-refractivity contribution in [3.8, 4) is 11.5 Å². The monoisotopic (exact) mass is 478 g/mol. The van der Waals surface area contributed by atoms with Crippen LogP contribution in [0.5, 0.6) is 11.5 Å². The number of nitrogens with zero attached hydrogens (tertiary/aromatic N) is 2. The van der Waals surface area contributed by atoms with Gasteiger partial charge in [-0.15, -0.1) is 0 Å². The quantitative estimate of drug-likeness (QED) is 0.311. The Labute approximate surface area is 203 Å². The fourth-order valence-corrected chi connectivity index (χ4v) is 3.97. The van der Waals surface area contributed by atoms with Crippen molar-refractivity contribution in [2.45, 2.75) is 13.5 Å². The van der Waals surface area contributed by atoms with E-state index in [1.807, 2.05) is 79.7 Å². The first-order chi connectivity index (χ1) is 16.0. The number of likely N-dealkylation sites (N-methyl/N-ethyl adjacent to an activating group) is 1. The lowest BCUT2D eigenvalue weighted by atomic mass is 10.1. The number of benzene rings is 3.